The van der Waals surface area contributed by atoms with Gasteiger partial charge in [-0.1, -0.05) is 12.1 Å². The largest absolute Gasteiger partial charge is 0.323 e. The van der Waals surface area contributed by atoms with Crippen LogP contribution < -0.4 is 5.32 Å². The lowest BCUT2D eigenvalue weighted by molar-refractivity contribution is -0.125. The molecule has 0 saturated carbocycles. The van der Waals surface area contributed by atoms with Gasteiger partial charge < -0.3 is 5.32 Å². The molecule has 0 aliphatic carbocycles. The Morgan fingerprint density at radius 1 is 1.46 bits per heavy atom. The van der Waals surface area contributed by atoms with Crippen molar-refractivity contribution in [2.24, 2.45) is 0 Å². The summed E-state index contributed by atoms with van der Waals surface area (Å²) in [7, 11) is 0. The molecule has 0 bridgehead atoms. The maximum Gasteiger partial charge on any atom is 0.266 e. The minimum Gasteiger partial charge on any atom is -0.323 e. The van der Waals surface area contributed by atoms with Crippen molar-refractivity contribution < 1.29 is 9.18 Å². The van der Waals surface area contributed by atoms with E-state index in [1.165, 1.54) is 6.92 Å². The zero-order valence-corrected chi connectivity index (χ0v) is 7.52. The first-order chi connectivity index (χ1) is 6.03. The van der Waals surface area contributed by atoms with Crippen LogP contribution in [0.3, 0.4) is 0 Å². The van der Waals surface area contributed by atoms with Gasteiger partial charge in [0, 0.05) is 11.3 Å². The van der Waals surface area contributed by atoms with Gasteiger partial charge in [0.25, 0.3) is 5.91 Å². The first-order valence-corrected chi connectivity index (χ1v) is 4.14. The molecular formula is C10H10FNO. The third-order valence-electron chi connectivity index (χ3n) is 2.42. The predicted molar refractivity (Wildman–Crippen MR) is 48.3 cm³/mol. The van der Waals surface area contributed by atoms with E-state index in [0.29, 0.717) is 11.3 Å². The lowest BCUT2D eigenvalue weighted by Crippen LogP contribution is -2.25. The summed E-state index contributed by atoms with van der Waals surface area (Å²) in [5.41, 5.74) is -0.00317. The van der Waals surface area contributed by atoms with Gasteiger partial charge in [0.1, 0.15) is 0 Å². The first kappa shape index (κ1) is 8.23. The number of amides is 1. The zero-order chi connectivity index (χ0) is 9.64. The summed E-state index contributed by atoms with van der Waals surface area (Å²) in [5.74, 6) is -0.572. The molecule has 1 aromatic rings. The number of alkyl halides is 1. The van der Waals surface area contributed by atoms with E-state index in [1.54, 1.807) is 25.1 Å². The number of halogens is 1. The zero-order valence-electron chi connectivity index (χ0n) is 7.52. The summed E-state index contributed by atoms with van der Waals surface area (Å²) in [4.78, 5) is 11.2. The monoisotopic (exact) mass is 179 g/mol. The lowest BCUT2D eigenvalue weighted by Gasteiger charge is -2.12. The molecular weight excluding hydrogens is 169 g/mol. The standard InChI is InChI=1S/C10H10FNO/c1-6-4-3-5-7-8(6)10(2,11)9(13)12-7/h3-5H,1-2H3,(H,12,13). The van der Waals surface area contributed by atoms with Gasteiger partial charge in [-0.15, -0.1) is 0 Å². The molecule has 0 radical (unpaired) electrons. The number of aryl methyl sites for hydroxylation is 1. The van der Waals surface area contributed by atoms with Gasteiger partial charge in [-0.25, -0.2) is 4.39 Å². The number of hydrogen-bond donors (Lipinski definition) is 1. The SMILES string of the molecule is Cc1cccc2c1C(C)(F)C(=O)N2. The molecule has 1 amide bonds. The number of anilines is 1. The molecule has 0 saturated heterocycles. The molecule has 0 spiro atoms. The van der Waals surface area contributed by atoms with Crippen LogP contribution in [0.15, 0.2) is 18.2 Å². The van der Waals surface area contributed by atoms with E-state index in [-0.39, 0.29) is 0 Å². The summed E-state index contributed by atoms with van der Waals surface area (Å²) in [5, 5.41) is 2.51. The minimum atomic E-state index is -1.87. The second-order valence-electron chi connectivity index (χ2n) is 3.45. The molecule has 3 heteroatoms. The first-order valence-electron chi connectivity index (χ1n) is 4.14. The Balaban J connectivity index is 2.70. The fraction of sp³-hybridized carbons (Fsp3) is 0.300. The van der Waals surface area contributed by atoms with Crippen molar-refractivity contribution in [3.05, 3.63) is 29.3 Å². The van der Waals surface area contributed by atoms with Crippen molar-refractivity contribution in [3.8, 4) is 0 Å². The Hall–Kier alpha value is -1.38. The number of carbonyl (C=O) groups excluding carboxylic acids is 1. The second kappa shape index (κ2) is 2.31. The highest BCUT2D eigenvalue weighted by molar-refractivity contribution is 6.05. The van der Waals surface area contributed by atoms with E-state index >= 15 is 0 Å². The summed E-state index contributed by atoms with van der Waals surface area (Å²) >= 11 is 0. The van der Waals surface area contributed by atoms with Gasteiger partial charge in [-0.05, 0) is 25.5 Å². The fourth-order valence-corrected chi connectivity index (χ4v) is 1.75. The highest BCUT2D eigenvalue weighted by Gasteiger charge is 2.43. The second-order valence-corrected chi connectivity index (χ2v) is 3.45. The van der Waals surface area contributed by atoms with Crippen LogP contribution in [0.4, 0.5) is 10.1 Å². The number of hydrogen-bond acceptors (Lipinski definition) is 1. The molecule has 2 rings (SSSR count). The van der Waals surface area contributed by atoms with Crippen molar-refractivity contribution in [1.82, 2.24) is 0 Å². The van der Waals surface area contributed by atoms with Crippen LogP contribution in [0.2, 0.25) is 0 Å². The molecule has 1 atom stereocenters. The van der Waals surface area contributed by atoms with Crippen LogP contribution in [-0.4, -0.2) is 5.91 Å². The molecule has 1 aliphatic rings. The molecule has 1 unspecified atom stereocenters. The fourth-order valence-electron chi connectivity index (χ4n) is 1.75. The minimum absolute atomic E-state index is 0.472. The van der Waals surface area contributed by atoms with Gasteiger partial charge in [-0.3, -0.25) is 4.79 Å². The Morgan fingerprint density at radius 2 is 2.15 bits per heavy atom. The Labute approximate surface area is 75.8 Å². The highest BCUT2D eigenvalue weighted by atomic mass is 19.1. The molecule has 13 heavy (non-hydrogen) atoms. The third-order valence-corrected chi connectivity index (χ3v) is 2.42. The van der Waals surface area contributed by atoms with Crippen LogP contribution in [-0.2, 0) is 10.5 Å². The Bertz CT molecular complexity index is 385. The number of rotatable bonds is 0. The summed E-state index contributed by atoms with van der Waals surface area (Å²) in [6.45, 7) is 3.10. The van der Waals surface area contributed by atoms with Gasteiger partial charge in [0.05, 0.1) is 0 Å². The molecule has 68 valence electrons. The molecule has 1 aliphatic heterocycles. The van der Waals surface area contributed by atoms with Gasteiger partial charge in [0.2, 0.25) is 5.67 Å². The molecule has 0 aromatic heterocycles. The van der Waals surface area contributed by atoms with Crippen molar-refractivity contribution >= 4 is 11.6 Å². The van der Waals surface area contributed by atoms with Crippen LogP contribution in [0.25, 0.3) is 0 Å². The molecule has 0 fully saturated rings. The number of nitrogens with one attached hydrogen (secondary N) is 1. The topological polar surface area (TPSA) is 29.1 Å². The Morgan fingerprint density at radius 3 is 2.77 bits per heavy atom. The quantitative estimate of drug-likeness (QED) is 0.649. The van der Waals surface area contributed by atoms with E-state index < -0.39 is 11.6 Å². The molecule has 1 aromatic carbocycles. The Kier molecular flexibility index (Phi) is 1.46. The number of fused-ring (bicyclic) bond motifs is 1. The van der Waals surface area contributed by atoms with E-state index in [1.807, 2.05) is 0 Å². The summed E-state index contributed by atoms with van der Waals surface area (Å²) in [6.07, 6.45) is 0. The maximum atomic E-state index is 13.8. The maximum absolute atomic E-state index is 13.8. The average molecular weight is 179 g/mol. The average Bonchev–Trinajstić information content (AvgIpc) is 2.24. The van der Waals surface area contributed by atoms with Gasteiger partial charge >= 0.3 is 0 Å². The molecule has 1 heterocycles. The number of benzene rings is 1. The van der Waals surface area contributed by atoms with Crippen LogP contribution in [0.1, 0.15) is 18.1 Å². The van der Waals surface area contributed by atoms with Crippen LogP contribution >= 0.6 is 0 Å². The van der Waals surface area contributed by atoms with Crippen LogP contribution in [0, 0.1) is 6.92 Å². The van der Waals surface area contributed by atoms with Crippen molar-refractivity contribution in [1.29, 1.82) is 0 Å². The molecule has 2 nitrogen and oxygen atoms in total. The molecule has 1 N–H and O–H groups in total. The smallest absolute Gasteiger partial charge is 0.266 e. The summed E-state index contributed by atoms with van der Waals surface area (Å²) in [6, 6.07) is 5.32. The summed E-state index contributed by atoms with van der Waals surface area (Å²) < 4.78 is 13.8. The number of carbonyl (C=O) groups is 1. The van der Waals surface area contributed by atoms with Crippen molar-refractivity contribution in [3.63, 3.8) is 0 Å². The predicted octanol–water partition coefficient (Wildman–Crippen LogP) is 2.13. The normalized spacial score (nSPS) is 25.6. The van der Waals surface area contributed by atoms with E-state index in [9.17, 15) is 9.18 Å². The van der Waals surface area contributed by atoms with Crippen LogP contribution in [0.5, 0.6) is 0 Å². The van der Waals surface area contributed by atoms with Crippen molar-refractivity contribution in [2.75, 3.05) is 5.32 Å². The van der Waals surface area contributed by atoms with E-state index in [4.69, 9.17) is 0 Å². The van der Waals surface area contributed by atoms with Gasteiger partial charge in [0.15, 0.2) is 0 Å². The third kappa shape index (κ3) is 0.963. The van der Waals surface area contributed by atoms with Gasteiger partial charge in [-0.2, -0.15) is 0 Å². The van der Waals surface area contributed by atoms with Crippen molar-refractivity contribution in [2.45, 2.75) is 19.5 Å². The van der Waals surface area contributed by atoms with E-state index in [2.05, 4.69) is 5.32 Å². The lowest BCUT2D eigenvalue weighted by atomic mass is 9.95. The van der Waals surface area contributed by atoms with E-state index in [0.717, 1.165) is 5.56 Å². The highest BCUT2D eigenvalue weighted by Crippen LogP contribution is 2.40.